The summed E-state index contributed by atoms with van der Waals surface area (Å²) in [5, 5.41) is 0. The molecule has 348 valence electrons. The number of hydrazine groups is 1. The molecular weight excluding hydrogens is 835 g/mol. The van der Waals surface area contributed by atoms with Gasteiger partial charge in [0.1, 0.15) is 0 Å². The molecule has 0 heterocycles. The van der Waals surface area contributed by atoms with E-state index in [1.165, 1.54) is 107 Å². The summed E-state index contributed by atoms with van der Waals surface area (Å²) in [4.78, 5) is 0. The zero-order chi connectivity index (χ0) is 48.7. The normalized spacial score (nSPS) is 16.9. The molecule has 4 aliphatic carbocycles. The van der Waals surface area contributed by atoms with Crippen LogP contribution in [0.3, 0.4) is 0 Å². The topological polar surface area (TPSA) is 78.1 Å². The fraction of sp³-hybridized carbons (Fsp3) is 0.182. The Morgan fingerprint density at radius 2 is 1.20 bits per heavy atom. The van der Waals surface area contributed by atoms with Crippen LogP contribution >= 0.6 is 0 Å². The van der Waals surface area contributed by atoms with Crippen LogP contribution in [0.5, 0.6) is 0 Å². The molecule has 0 radical (unpaired) electrons. The van der Waals surface area contributed by atoms with E-state index in [1.54, 1.807) is 0 Å². The van der Waals surface area contributed by atoms with Crippen LogP contribution in [-0.2, 0) is 0 Å². The molecule has 0 spiro atoms. The third-order valence-corrected chi connectivity index (χ3v) is 13.3. The molecule has 6 N–H and O–H groups in total. The van der Waals surface area contributed by atoms with Crippen molar-refractivity contribution in [2.45, 2.75) is 72.8 Å². The van der Waals surface area contributed by atoms with Gasteiger partial charge in [-0.3, -0.25) is 11.7 Å². The van der Waals surface area contributed by atoms with Crippen molar-refractivity contribution in [3.63, 3.8) is 0 Å². The van der Waals surface area contributed by atoms with E-state index >= 15 is 0 Å². The number of allylic oxidation sites excluding steroid dienone is 15. The second-order valence-electron chi connectivity index (χ2n) is 17.7. The van der Waals surface area contributed by atoms with Gasteiger partial charge in [-0.05, 0) is 183 Å². The quantitative estimate of drug-likeness (QED) is 0.0999. The zero-order valence-corrected chi connectivity index (χ0v) is 41.3. The lowest BCUT2D eigenvalue weighted by atomic mass is 9.75. The van der Waals surface area contributed by atoms with E-state index in [1.807, 2.05) is 13.8 Å². The van der Waals surface area contributed by atoms with E-state index in [9.17, 15) is 0 Å². The van der Waals surface area contributed by atoms with Gasteiger partial charge >= 0.3 is 0 Å². The first kappa shape index (κ1) is 49.8. The maximum atomic E-state index is 7.68. The van der Waals surface area contributed by atoms with E-state index in [0.717, 1.165) is 31.2 Å². The predicted molar refractivity (Wildman–Crippen MR) is 299 cm³/mol. The maximum absolute atomic E-state index is 7.68. The van der Waals surface area contributed by atoms with Gasteiger partial charge < -0.3 is 5.73 Å². The summed E-state index contributed by atoms with van der Waals surface area (Å²) >= 11 is 0. The molecule has 4 aliphatic rings. The molecule has 2 unspecified atom stereocenters. The molecule has 10 rings (SSSR count). The van der Waals surface area contributed by atoms with E-state index in [2.05, 4.69) is 245 Å². The van der Waals surface area contributed by atoms with E-state index in [-0.39, 0.29) is 6.04 Å². The number of rotatable bonds is 9. The molecule has 0 aromatic heterocycles. The Morgan fingerprint density at radius 3 is 1.77 bits per heavy atom. The lowest BCUT2D eigenvalue weighted by molar-refractivity contribution is 0.654. The van der Waals surface area contributed by atoms with Crippen LogP contribution in [0.25, 0.3) is 50.1 Å². The average Bonchev–Trinajstić information content (AvgIpc) is 3.80. The summed E-state index contributed by atoms with van der Waals surface area (Å²) in [6.45, 7) is 14.9. The highest BCUT2D eigenvalue weighted by atomic mass is 15.0. The molecule has 0 fully saturated rings. The molecule has 3 nitrogen and oxygen atoms in total. The lowest BCUT2D eigenvalue weighted by Crippen LogP contribution is -2.19. The highest BCUT2D eigenvalue weighted by molar-refractivity contribution is 5.94. The third kappa shape index (κ3) is 11.4. The molecule has 2 atom stereocenters. The number of hydrogen-bond acceptors (Lipinski definition) is 3. The van der Waals surface area contributed by atoms with Gasteiger partial charge in [0, 0.05) is 0 Å². The van der Waals surface area contributed by atoms with Crippen LogP contribution in [0.4, 0.5) is 0 Å². The van der Waals surface area contributed by atoms with Crippen LogP contribution in [0.2, 0.25) is 0 Å². The Morgan fingerprint density at radius 1 is 0.652 bits per heavy atom. The first-order valence-corrected chi connectivity index (χ1v) is 24.7. The summed E-state index contributed by atoms with van der Waals surface area (Å²) < 4.78 is 0. The van der Waals surface area contributed by atoms with Crippen molar-refractivity contribution in [3.8, 4) is 33.4 Å². The summed E-state index contributed by atoms with van der Waals surface area (Å²) in [7, 11) is 0. The molecule has 69 heavy (non-hydrogen) atoms. The minimum Gasteiger partial charge on any atom is -0.320 e. The molecule has 0 amide bonds. The third-order valence-electron chi connectivity index (χ3n) is 13.3. The van der Waals surface area contributed by atoms with Crippen molar-refractivity contribution >= 4 is 16.7 Å². The van der Waals surface area contributed by atoms with E-state index in [4.69, 9.17) is 5.73 Å². The second kappa shape index (κ2) is 24.2. The SMILES string of the molecule is C=CC1=C(/C(=C2\CC(C)=C(/C=C\C)c3ccccc32)C(N)c2cc(-c3ccccc3)cc(-c3ccccc3)c2)C2=CC=CCC2C1.CC.Cc1cc(C2=CCCC=C2)cc(-c2ccccc2)c1.NN. The summed E-state index contributed by atoms with van der Waals surface area (Å²) in [5.74, 6) is 8.46. The Labute approximate surface area is 412 Å². The van der Waals surface area contributed by atoms with Crippen molar-refractivity contribution in [2.75, 3.05) is 0 Å². The maximum Gasteiger partial charge on any atom is 0.0561 e. The van der Waals surface area contributed by atoms with Crippen molar-refractivity contribution in [1.82, 2.24) is 0 Å². The van der Waals surface area contributed by atoms with E-state index < -0.39 is 0 Å². The van der Waals surface area contributed by atoms with Crippen molar-refractivity contribution in [2.24, 2.45) is 23.3 Å². The molecular formula is C66H69N3. The smallest absolute Gasteiger partial charge is 0.0561 e. The van der Waals surface area contributed by atoms with Gasteiger partial charge in [-0.1, -0.05) is 208 Å². The Hall–Kier alpha value is -7.14. The van der Waals surface area contributed by atoms with Gasteiger partial charge in [-0.2, -0.15) is 0 Å². The predicted octanol–water partition coefficient (Wildman–Crippen LogP) is 16.9. The fourth-order valence-corrected chi connectivity index (χ4v) is 10.2. The molecule has 0 saturated heterocycles. The molecule has 6 aromatic rings. The Kier molecular flexibility index (Phi) is 17.5. The van der Waals surface area contributed by atoms with Gasteiger partial charge in [0.15, 0.2) is 0 Å². The number of fused-ring (bicyclic) bond motifs is 2. The average molecular weight is 904 g/mol. The minimum absolute atomic E-state index is 0.347. The molecule has 0 aliphatic heterocycles. The summed E-state index contributed by atoms with van der Waals surface area (Å²) in [5.41, 5.74) is 31.9. The Balaban J connectivity index is 0.000000254. The summed E-state index contributed by atoms with van der Waals surface area (Å²) in [6, 6.07) is 54.2. The first-order valence-electron chi connectivity index (χ1n) is 24.7. The lowest BCUT2D eigenvalue weighted by Gasteiger charge is -2.31. The Bertz CT molecular complexity index is 2930. The first-order chi connectivity index (χ1) is 33.9. The van der Waals surface area contributed by atoms with Gasteiger partial charge in [0.25, 0.3) is 0 Å². The van der Waals surface area contributed by atoms with Crippen molar-refractivity contribution in [1.29, 1.82) is 0 Å². The van der Waals surface area contributed by atoms with Gasteiger partial charge in [-0.25, -0.2) is 0 Å². The van der Waals surface area contributed by atoms with E-state index in [0.29, 0.717) is 5.92 Å². The van der Waals surface area contributed by atoms with Crippen molar-refractivity contribution < 1.29 is 0 Å². The van der Waals surface area contributed by atoms with Crippen molar-refractivity contribution in [3.05, 3.63) is 269 Å². The largest absolute Gasteiger partial charge is 0.320 e. The molecule has 6 aromatic carbocycles. The molecule has 0 bridgehead atoms. The van der Waals surface area contributed by atoms with Gasteiger partial charge in [0.05, 0.1) is 6.04 Å². The fourth-order valence-electron chi connectivity index (χ4n) is 10.2. The second-order valence-corrected chi connectivity index (χ2v) is 17.7. The number of aryl methyl sites for hydroxylation is 1. The highest BCUT2D eigenvalue weighted by Crippen LogP contribution is 2.52. The summed E-state index contributed by atoms with van der Waals surface area (Å²) in [6.07, 6.45) is 25.4. The zero-order valence-electron chi connectivity index (χ0n) is 41.3. The van der Waals surface area contributed by atoms with Crippen LogP contribution in [0.15, 0.2) is 241 Å². The highest BCUT2D eigenvalue weighted by Gasteiger charge is 2.35. The standard InChI is InChI=1S/C45H41N.C19H18.C2H6.H4N2/c1-4-16-38-30(3)25-42(41-24-15-14-23-40(38)41)44(43-31(5-2)26-34-21-12-13-22-39(34)43)45(46)37-28-35(32-17-8-6-9-18-32)27-36(29-37)33-19-10-7-11-20-33;1-15-12-18(16-8-4-2-5-9-16)14-19(13-15)17-10-6-3-7-11-17;2*1-2/h4-20,22-24,27-29,34,45H,2,21,25-26,46H2,1,3H3;2,4-6,8-14H,3,7H2,1H3;1-2H3;1-2H2/b16-4-,44-42-;;;. The van der Waals surface area contributed by atoms with Crippen LogP contribution in [-0.4, -0.2) is 0 Å². The minimum atomic E-state index is -0.347. The monoisotopic (exact) mass is 904 g/mol. The van der Waals surface area contributed by atoms with Crippen LogP contribution < -0.4 is 17.4 Å². The van der Waals surface area contributed by atoms with Crippen LogP contribution in [0.1, 0.15) is 93.7 Å². The van der Waals surface area contributed by atoms with Crippen LogP contribution in [0, 0.1) is 12.8 Å². The number of nitrogens with two attached hydrogens (primary N) is 3. The van der Waals surface area contributed by atoms with Gasteiger partial charge in [-0.15, -0.1) is 0 Å². The molecule has 3 heteroatoms. The number of benzene rings is 6. The molecule has 0 saturated carbocycles. The van der Waals surface area contributed by atoms with Gasteiger partial charge in [0.2, 0.25) is 0 Å². The number of hydrogen-bond donors (Lipinski definition) is 3.